The second-order valence-corrected chi connectivity index (χ2v) is 9.30. The van der Waals surface area contributed by atoms with E-state index in [-0.39, 0.29) is 6.03 Å². The van der Waals surface area contributed by atoms with Crippen LogP contribution in [0.3, 0.4) is 0 Å². The van der Waals surface area contributed by atoms with E-state index in [1.165, 1.54) is 11.3 Å². The molecule has 1 atom stereocenters. The van der Waals surface area contributed by atoms with E-state index in [0.717, 1.165) is 27.4 Å². The smallest absolute Gasteiger partial charge is 0.323 e. The van der Waals surface area contributed by atoms with Crippen LogP contribution in [0.4, 0.5) is 9.93 Å². The fourth-order valence-corrected chi connectivity index (χ4v) is 4.83. The molecule has 32 heavy (non-hydrogen) atoms. The lowest BCUT2D eigenvalue weighted by Crippen LogP contribution is -2.34. The highest BCUT2D eigenvalue weighted by Crippen LogP contribution is 2.40. The van der Waals surface area contributed by atoms with Gasteiger partial charge in [-0.2, -0.15) is 10.5 Å². The number of urea groups is 1. The highest BCUT2D eigenvalue weighted by Gasteiger charge is 2.36. The van der Waals surface area contributed by atoms with E-state index in [9.17, 15) is 15.3 Å². The number of hydrogen-bond donors (Lipinski definition) is 1. The number of carbonyl (C=O) groups excluding carboxylic acids is 1. The second-order valence-electron chi connectivity index (χ2n) is 8.30. The van der Waals surface area contributed by atoms with Crippen LogP contribution < -0.4 is 5.32 Å². The molecule has 1 aliphatic rings. The summed E-state index contributed by atoms with van der Waals surface area (Å²) in [7, 11) is 0. The van der Waals surface area contributed by atoms with Crippen LogP contribution >= 0.6 is 11.3 Å². The molecular weight excluding hydrogens is 420 g/mol. The van der Waals surface area contributed by atoms with E-state index in [1.54, 1.807) is 17.0 Å². The molecule has 3 heterocycles. The number of aromatic nitrogens is 2. The van der Waals surface area contributed by atoms with Crippen molar-refractivity contribution in [3.05, 3.63) is 53.3 Å². The second kappa shape index (κ2) is 8.41. The summed E-state index contributed by atoms with van der Waals surface area (Å²) in [5.41, 5.74) is 4.29. The Balaban J connectivity index is 1.72. The van der Waals surface area contributed by atoms with E-state index in [2.05, 4.69) is 22.4 Å². The summed E-state index contributed by atoms with van der Waals surface area (Å²) in [4.78, 5) is 24.6. The van der Waals surface area contributed by atoms with Crippen LogP contribution in [0.2, 0.25) is 0 Å². The maximum Gasteiger partial charge on any atom is 0.323 e. The fraction of sp³-hybridized carbons (Fsp3) is 0.292. The minimum atomic E-state index is -0.514. The summed E-state index contributed by atoms with van der Waals surface area (Å²) in [5.74, 6) is 0. The van der Waals surface area contributed by atoms with E-state index in [1.807, 2.05) is 45.0 Å². The Hall–Kier alpha value is -3.75. The normalized spacial score (nSPS) is 17.6. The average Bonchev–Trinajstić information content (AvgIpc) is 3.38. The van der Waals surface area contributed by atoms with Gasteiger partial charge < -0.3 is 4.90 Å². The van der Waals surface area contributed by atoms with Crippen molar-refractivity contribution in [2.75, 3.05) is 18.4 Å². The number of rotatable bonds is 3. The number of thiazole rings is 1. The first kappa shape index (κ1) is 21.5. The number of hydrogen-bond acceptors (Lipinski definition) is 6. The van der Waals surface area contributed by atoms with Crippen LogP contribution in [0.25, 0.3) is 21.7 Å². The molecular formula is C24H22N6OS. The van der Waals surface area contributed by atoms with Crippen molar-refractivity contribution in [1.29, 1.82) is 10.5 Å². The summed E-state index contributed by atoms with van der Waals surface area (Å²) in [6.07, 6.45) is 0.655. The quantitative estimate of drug-likeness (QED) is 0.605. The molecule has 0 aliphatic carbocycles. The zero-order valence-electron chi connectivity index (χ0n) is 18.1. The van der Waals surface area contributed by atoms with E-state index >= 15 is 0 Å². The van der Waals surface area contributed by atoms with Gasteiger partial charge in [-0.1, -0.05) is 23.5 Å². The van der Waals surface area contributed by atoms with Gasteiger partial charge >= 0.3 is 6.03 Å². The Morgan fingerprint density at radius 3 is 2.56 bits per heavy atom. The van der Waals surface area contributed by atoms with Gasteiger partial charge in [0.05, 0.1) is 33.7 Å². The SMILES string of the molecule is Cc1cc(-c2sc(NC(=O)N3CCC(C)(C#N)C3)nc2-c2cccc(C#N)c2)cc(C)n1. The molecule has 2 amide bonds. The molecule has 1 fully saturated rings. The lowest BCUT2D eigenvalue weighted by Gasteiger charge is -2.17. The molecule has 3 aromatic rings. The zero-order valence-corrected chi connectivity index (χ0v) is 19.0. The maximum atomic E-state index is 12.8. The summed E-state index contributed by atoms with van der Waals surface area (Å²) in [5, 5.41) is 22.0. The first-order valence-corrected chi connectivity index (χ1v) is 11.1. The van der Waals surface area contributed by atoms with Crippen LogP contribution in [-0.4, -0.2) is 34.0 Å². The van der Waals surface area contributed by atoms with Crippen molar-refractivity contribution < 1.29 is 4.79 Å². The Bertz CT molecular complexity index is 1260. The van der Waals surface area contributed by atoms with Gasteiger partial charge in [0.15, 0.2) is 5.13 Å². The topological polar surface area (TPSA) is 106 Å². The largest absolute Gasteiger partial charge is 0.323 e. The third kappa shape index (κ3) is 4.32. The van der Waals surface area contributed by atoms with Crippen LogP contribution in [-0.2, 0) is 0 Å². The summed E-state index contributed by atoms with van der Waals surface area (Å²) in [6.45, 7) is 6.68. The minimum absolute atomic E-state index is 0.260. The standard InChI is InChI=1S/C24H22N6OS/c1-15-9-19(10-16(2)27-15)21-20(18-6-4-5-17(11-18)12-25)28-22(32-21)29-23(31)30-8-7-24(3,13-26)14-30/h4-6,9-11H,7-8,14H2,1-3H3,(H,28,29,31). The molecule has 1 aromatic carbocycles. The first-order valence-electron chi connectivity index (χ1n) is 10.2. The number of nitrogens with one attached hydrogen (secondary N) is 1. The molecule has 0 radical (unpaired) electrons. The fourth-order valence-electron chi connectivity index (χ4n) is 3.86. The lowest BCUT2D eigenvalue weighted by molar-refractivity contribution is 0.219. The van der Waals surface area contributed by atoms with Crippen molar-refractivity contribution in [2.45, 2.75) is 27.2 Å². The summed E-state index contributed by atoms with van der Waals surface area (Å²) < 4.78 is 0. The van der Waals surface area contributed by atoms with Gasteiger partial charge in [-0.05, 0) is 57.0 Å². The van der Waals surface area contributed by atoms with Gasteiger partial charge in [0, 0.05) is 30.0 Å². The molecule has 8 heteroatoms. The van der Waals surface area contributed by atoms with Crippen molar-refractivity contribution in [2.24, 2.45) is 5.41 Å². The van der Waals surface area contributed by atoms with E-state index in [4.69, 9.17) is 4.98 Å². The molecule has 0 spiro atoms. The molecule has 1 saturated heterocycles. The Morgan fingerprint density at radius 2 is 1.91 bits per heavy atom. The highest BCUT2D eigenvalue weighted by molar-refractivity contribution is 7.19. The number of nitrogens with zero attached hydrogens (tertiary/aromatic N) is 5. The third-order valence-electron chi connectivity index (χ3n) is 5.48. The van der Waals surface area contributed by atoms with Crippen molar-refractivity contribution in [3.8, 4) is 33.8 Å². The van der Waals surface area contributed by atoms with Gasteiger partial charge in [-0.25, -0.2) is 9.78 Å². The predicted octanol–water partition coefficient (Wildman–Crippen LogP) is 5.13. The van der Waals surface area contributed by atoms with Crippen molar-refractivity contribution >= 4 is 22.5 Å². The van der Waals surface area contributed by atoms with Crippen molar-refractivity contribution in [1.82, 2.24) is 14.9 Å². The van der Waals surface area contributed by atoms with Crippen LogP contribution in [0.5, 0.6) is 0 Å². The highest BCUT2D eigenvalue weighted by atomic mass is 32.1. The number of nitriles is 2. The molecule has 1 unspecified atom stereocenters. The first-order chi connectivity index (χ1) is 15.3. The molecule has 1 aliphatic heterocycles. The number of pyridine rings is 1. The Kier molecular flexibility index (Phi) is 5.65. The number of amides is 2. The van der Waals surface area contributed by atoms with Gasteiger partial charge in [0.1, 0.15) is 0 Å². The number of likely N-dealkylation sites (tertiary alicyclic amines) is 1. The van der Waals surface area contributed by atoms with Crippen LogP contribution in [0, 0.1) is 41.9 Å². The van der Waals surface area contributed by atoms with Crippen LogP contribution in [0.15, 0.2) is 36.4 Å². The predicted molar refractivity (Wildman–Crippen MR) is 124 cm³/mol. The van der Waals surface area contributed by atoms with Crippen LogP contribution in [0.1, 0.15) is 30.3 Å². The minimum Gasteiger partial charge on any atom is -0.323 e. The number of anilines is 1. The third-order valence-corrected chi connectivity index (χ3v) is 6.50. The van der Waals surface area contributed by atoms with Gasteiger partial charge in [-0.3, -0.25) is 10.3 Å². The van der Waals surface area contributed by atoms with E-state index in [0.29, 0.717) is 35.9 Å². The maximum absolute atomic E-state index is 12.8. The van der Waals surface area contributed by atoms with Gasteiger partial charge in [-0.15, -0.1) is 0 Å². The molecule has 0 bridgehead atoms. The number of aryl methyl sites for hydroxylation is 2. The average molecular weight is 443 g/mol. The molecule has 160 valence electrons. The Labute approximate surface area is 191 Å². The van der Waals surface area contributed by atoms with E-state index < -0.39 is 5.41 Å². The van der Waals surface area contributed by atoms with Gasteiger partial charge in [0.2, 0.25) is 0 Å². The molecule has 2 aromatic heterocycles. The van der Waals surface area contributed by atoms with Crippen molar-refractivity contribution in [3.63, 3.8) is 0 Å². The Morgan fingerprint density at radius 1 is 1.16 bits per heavy atom. The summed E-state index contributed by atoms with van der Waals surface area (Å²) >= 11 is 1.39. The monoisotopic (exact) mass is 442 g/mol. The molecule has 0 saturated carbocycles. The zero-order chi connectivity index (χ0) is 22.9. The molecule has 4 rings (SSSR count). The lowest BCUT2D eigenvalue weighted by atomic mass is 9.92. The summed E-state index contributed by atoms with van der Waals surface area (Å²) in [6, 6.07) is 15.5. The van der Waals surface area contributed by atoms with Gasteiger partial charge in [0.25, 0.3) is 0 Å². The molecule has 1 N–H and O–H groups in total. The molecule has 7 nitrogen and oxygen atoms in total. The number of carbonyl (C=O) groups is 1. The number of benzene rings is 1.